The van der Waals surface area contributed by atoms with Crippen LogP contribution in [0, 0.1) is 0 Å². The Bertz CT molecular complexity index is 4180. The number of benzene rings is 11. The lowest BCUT2D eigenvalue weighted by Gasteiger charge is -2.45. The first-order valence-corrected chi connectivity index (χ1v) is 23.8. The Morgan fingerprint density at radius 1 is 0.388 bits per heavy atom. The minimum Gasteiger partial charge on any atom is -0.457 e. The molecule has 0 unspecified atom stereocenters. The van der Waals surface area contributed by atoms with Crippen LogP contribution >= 0.6 is 11.3 Å². The van der Waals surface area contributed by atoms with Crippen molar-refractivity contribution in [2.45, 2.75) is 5.41 Å². The summed E-state index contributed by atoms with van der Waals surface area (Å²) in [6.45, 7) is 0. The van der Waals surface area contributed by atoms with Crippen molar-refractivity contribution < 1.29 is 4.74 Å². The number of anilines is 3. The van der Waals surface area contributed by atoms with Gasteiger partial charge in [0.25, 0.3) is 0 Å². The van der Waals surface area contributed by atoms with Crippen molar-refractivity contribution in [2.24, 2.45) is 0 Å². The van der Waals surface area contributed by atoms with Crippen molar-refractivity contribution in [1.82, 2.24) is 4.57 Å². The van der Waals surface area contributed by atoms with Gasteiger partial charge in [0.05, 0.1) is 33.5 Å². The molecule has 0 fully saturated rings. The van der Waals surface area contributed by atoms with Crippen LogP contribution in [0.4, 0.5) is 17.1 Å². The third kappa shape index (κ3) is 4.94. The van der Waals surface area contributed by atoms with Crippen LogP contribution in [0.25, 0.3) is 80.3 Å². The molecule has 15 rings (SSSR count). The van der Waals surface area contributed by atoms with E-state index in [2.05, 4.69) is 240 Å². The summed E-state index contributed by atoms with van der Waals surface area (Å²) < 4.78 is 11.8. The molecule has 2 aliphatic rings. The summed E-state index contributed by atoms with van der Waals surface area (Å²) in [5.41, 5.74) is 13.6. The fraction of sp³-hybridized carbons (Fsp3) is 0.0159. The molecule has 2 aromatic heterocycles. The smallest absolute Gasteiger partial charge is 0.132 e. The summed E-state index contributed by atoms with van der Waals surface area (Å²) in [5.74, 6) is 1.78. The number of ether oxygens (including phenoxy) is 1. The van der Waals surface area contributed by atoms with E-state index < -0.39 is 5.41 Å². The van der Waals surface area contributed by atoms with Gasteiger partial charge >= 0.3 is 0 Å². The molecule has 1 aliphatic heterocycles. The second-order valence-corrected chi connectivity index (χ2v) is 19.0. The molecular formula is C63H38N2OS. The van der Waals surface area contributed by atoms with Gasteiger partial charge in [0.15, 0.2) is 0 Å². The van der Waals surface area contributed by atoms with E-state index >= 15 is 0 Å². The van der Waals surface area contributed by atoms with Crippen molar-refractivity contribution in [3.63, 3.8) is 0 Å². The Hall–Kier alpha value is -8.44. The first-order valence-electron chi connectivity index (χ1n) is 23.0. The van der Waals surface area contributed by atoms with Gasteiger partial charge in [-0.3, -0.25) is 0 Å². The van der Waals surface area contributed by atoms with E-state index in [1.165, 1.54) is 85.9 Å². The number of aromatic nitrogens is 1. The number of hydrogen-bond acceptors (Lipinski definition) is 3. The van der Waals surface area contributed by atoms with E-state index in [1.54, 1.807) is 0 Å². The first-order chi connectivity index (χ1) is 33.3. The van der Waals surface area contributed by atoms with Gasteiger partial charge < -0.3 is 14.2 Å². The summed E-state index contributed by atoms with van der Waals surface area (Å²) in [5, 5.41) is 9.86. The minimum atomic E-state index is -0.625. The molecule has 11 aromatic carbocycles. The van der Waals surface area contributed by atoms with Gasteiger partial charge in [-0.25, -0.2) is 0 Å². The summed E-state index contributed by atoms with van der Waals surface area (Å²) in [4.78, 5) is 2.55. The van der Waals surface area contributed by atoms with Crippen LogP contribution in [0.2, 0.25) is 0 Å². The minimum absolute atomic E-state index is 0.625. The molecule has 13 aromatic rings. The third-order valence-electron chi connectivity index (χ3n) is 14.6. The normalized spacial score (nSPS) is 13.3. The maximum atomic E-state index is 6.76. The van der Waals surface area contributed by atoms with E-state index in [-0.39, 0.29) is 0 Å². The molecule has 1 aliphatic carbocycles. The van der Waals surface area contributed by atoms with E-state index in [0.717, 1.165) is 45.2 Å². The average Bonchev–Trinajstić information content (AvgIpc) is 3.94. The topological polar surface area (TPSA) is 17.4 Å². The van der Waals surface area contributed by atoms with Crippen molar-refractivity contribution in [3.8, 4) is 28.3 Å². The highest BCUT2D eigenvalue weighted by Crippen LogP contribution is 2.62. The molecule has 0 N–H and O–H groups in total. The molecule has 0 amide bonds. The fourth-order valence-electron chi connectivity index (χ4n) is 12.0. The van der Waals surface area contributed by atoms with E-state index in [0.29, 0.717) is 0 Å². The Balaban J connectivity index is 1.07. The van der Waals surface area contributed by atoms with Crippen LogP contribution in [-0.2, 0) is 5.41 Å². The SMILES string of the molecule is c1ccc2c(c1)Oc1ccccc1C21c2ccccc2-c2ccc(N(c3ccc4c5ccccc5n(-c5cccc6ccccc56)c4c3)c3cccc4sc5ccccc5c34)c3cccc1c23. The van der Waals surface area contributed by atoms with Crippen LogP contribution < -0.4 is 9.64 Å². The highest BCUT2D eigenvalue weighted by molar-refractivity contribution is 7.26. The molecule has 0 saturated heterocycles. The first kappa shape index (κ1) is 36.9. The summed E-state index contributed by atoms with van der Waals surface area (Å²) >= 11 is 1.86. The lowest BCUT2D eigenvalue weighted by molar-refractivity contribution is 0.435. The molecule has 0 radical (unpaired) electrons. The van der Waals surface area contributed by atoms with E-state index in [4.69, 9.17) is 4.74 Å². The predicted molar refractivity (Wildman–Crippen MR) is 281 cm³/mol. The van der Waals surface area contributed by atoms with Crippen molar-refractivity contribution >= 4 is 91.9 Å². The monoisotopic (exact) mass is 870 g/mol. The molecule has 312 valence electrons. The second-order valence-electron chi connectivity index (χ2n) is 17.9. The molecular weight excluding hydrogens is 833 g/mol. The van der Waals surface area contributed by atoms with E-state index in [1.807, 2.05) is 11.3 Å². The number of rotatable bonds is 4. The second kappa shape index (κ2) is 13.8. The molecule has 0 atom stereocenters. The Morgan fingerprint density at radius 2 is 1.01 bits per heavy atom. The molecule has 0 saturated carbocycles. The maximum Gasteiger partial charge on any atom is 0.132 e. The standard InChI is InChI=1S/C63H38N2OS/c1-2-18-41-39(16-1)17-13-28-52(41)65-53-27-9-4-20-43(53)44-35-34-40(38-56(44)65)64(55-29-15-33-60-62(55)47-21-5-12-32-59(47)67-60)54-37-36-45-42-19-3-6-23-48(42)63(51-26-14-22-46(54)61(45)51)49-24-7-10-30-57(49)66-58-31-11-8-25-50(58)63/h1-38H. The largest absolute Gasteiger partial charge is 0.457 e. The average molecular weight is 871 g/mol. The Kier molecular flexibility index (Phi) is 7.58. The zero-order valence-corrected chi connectivity index (χ0v) is 37.0. The lowest BCUT2D eigenvalue weighted by Crippen LogP contribution is -2.36. The maximum absolute atomic E-state index is 6.76. The van der Waals surface area contributed by atoms with Gasteiger partial charge in [-0.05, 0) is 93.7 Å². The zero-order chi connectivity index (χ0) is 43.8. The quantitative estimate of drug-likeness (QED) is 0.175. The number of hydrogen-bond donors (Lipinski definition) is 0. The van der Waals surface area contributed by atoms with E-state index in [9.17, 15) is 0 Å². The highest BCUT2D eigenvalue weighted by Gasteiger charge is 2.49. The predicted octanol–water partition coefficient (Wildman–Crippen LogP) is 17.4. The van der Waals surface area contributed by atoms with Gasteiger partial charge in [-0.2, -0.15) is 0 Å². The van der Waals surface area contributed by atoms with Crippen molar-refractivity contribution in [3.05, 3.63) is 253 Å². The van der Waals surface area contributed by atoms with Crippen LogP contribution in [-0.4, -0.2) is 4.57 Å². The van der Waals surface area contributed by atoms with Crippen LogP contribution in [0.15, 0.2) is 231 Å². The number of thiophene rings is 1. The number of para-hydroxylation sites is 3. The van der Waals surface area contributed by atoms with Gasteiger partial charge in [0.2, 0.25) is 0 Å². The van der Waals surface area contributed by atoms with Gasteiger partial charge in [-0.15, -0.1) is 11.3 Å². The highest BCUT2D eigenvalue weighted by atomic mass is 32.1. The summed E-state index contributed by atoms with van der Waals surface area (Å²) in [7, 11) is 0. The lowest BCUT2D eigenvalue weighted by atomic mass is 9.58. The third-order valence-corrected chi connectivity index (χ3v) is 15.8. The number of fused-ring (bicyclic) bond motifs is 15. The van der Waals surface area contributed by atoms with Gasteiger partial charge in [0, 0.05) is 58.5 Å². The summed E-state index contributed by atoms with van der Waals surface area (Å²) in [6.07, 6.45) is 0. The molecule has 3 nitrogen and oxygen atoms in total. The zero-order valence-electron chi connectivity index (χ0n) is 36.2. The molecule has 0 bridgehead atoms. The van der Waals surface area contributed by atoms with Crippen molar-refractivity contribution in [2.75, 3.05) is 4.90 Å². The van der Waals surface area contributed by atoms with Gasteiger partial charge in [-0.1, -0.05) is 170 Å². The fourth-order valence-corrected chi connectivity index (χ4v) is 13.1. The van der Waals surface area contributed by atoms with Crippen LogP contribution in [0.3, 0.4) is 0 Å². The Morgan fingerprint density at radius 3 is 1.88 bits per heavy atom. The van der Waals surface area contributed by atoms with Crippen LogP contribution in [0.1, 0.15) is 22.3 Å². The van der Waals surface area contributed by atoms with Gasteiger partial charge in [0.1, 0.15) is 11.5 Å². The molecule has 3 heterocycles. The summed E-state index contributed by atoms with van der Waals surface area (Å²) in [6, 6.07) is 85.2. The number of nitrogens with zero attached hydrogens (tertiary/aromatic N) is 2. The Labute approximate surface area is 390 Å². The van der Waals surface area contributed by atoms with Crippen molar-refractivity contribution in [1.29, 1.82) is 0 Å². The molecule has 4 heteroatoms. The molecule has 1 spiro atoms. The van der Waals surface area contributed by atoms with Crippen LogP contribution in [0.5, 0.6) is 11.5 Å². The molecule has 67 heavy (non-hydrogen) atoms.